The van der Waals surface area contributed by atoms with Crippen LogP contribution in [0.15, 0.2) is 54.9 Å². The van der Waals surface area contributed by atoms with Crippen LogP contribution >= 0.6 is 0 Å². The number of carbonyl (C=O) groups is 1. The van der Waals surface area contributed by atoms with E-state index >= 15 is 0 Å². The summed E-state index contributed by atoms with van der Waals surface area (Å²) in [5, 5.41) is 11.0. The molecule has 0 saturated carbocycles. The average molecular weight is 367 g/mol. The summed E-state index contributed by atoms with van der Waals surface area (Å²) < 4.78 is 12.6. The third-order valence-corrected chi connectivity index (χ3v) is 3.87. The summed E-state index contributed by atoms with van der Waals surface area (Å²) in [4.78, 5) is 14.0. The van der Waals surface area contributed by atoms with Crippen LogP contribution in [-0.4, -0.2) is 51.3 Å². The molecule has 1 heterocycles. The summed E-state index contributed by atoms with van der Waals surface area (Å²) in [5.41, 5.74) is 1.78. The van der Waals surface area contributed by atoms with Gasteiger partial charge in [-0.05, 0) is 47.2 Å². The average Bonchev–Trinajstić information content (AvgIpc) is 3.23. The monoisotopic (exact) mass is 367 g/mol. The maximum Gasteiger partial charge on any atom is 0.260 e. The van der Waals surface area contributed by atoms with Crippen LogP contribution in [-0.2, 0) is 11.3 Å². The first-order chi connectivity index (χ1) is 13.2. The van der Waals surface area contributed by atoms with E-state index in [0.29, 0.717) is 18.9 Å². The van der Waals surface area contributed by atoms with Crippen LogP contribution in [0, 0.1) is 0 Å². The second-order valence-electron chi connectivity index (χ2n) is 5.87. The van der Waals surface area contributed by atoms with Crippen molar-refractivity contribution in [2.24, 2.45) is 0 Å². The van der Waals surface area contributed by atoms with Crippen molar-refractivity contribution >= 4 is 5.91 Å². The van der Waals surface area contributed by atoms with Gasteiger partial charge in [0.15, 0.2) is 6.61 Å². The van der Waals surface area contributed by atoms with Crippen LogP contribution in [0.4, 0.5) is 0 Å². The number of aromatic nitrogens is 4. The van der Waals surface area contributed by atoms with Gasteiger partial charge in [-0.2, -0.15) is 0 Å². The third-order valence-electron chi connectivity index (χ3n) is 3.87. The van der Waals surface area contributed by atoms with Crippen LogP contribution in [0.2, 0.25) is 0 Å². The van der Waals surface area contributed by atoms with Gasteiger partial charge in [-0.3, -0.25) is 4.79 Å². The Morgan fingerprint density at radius 1 is 1.11 bits per heavy atom. The minimum atomic E-state index is -0.114. The number of amides is 1. The van der Waals surface area contributed by atoms with E-state index in [9.17, 15) is 4.79 Å². The highest BCUT2D eigenvalue weighted by molar-refractivity contribution is 5.77. The molecule has 0 spiro atoms. The standard InChI is InChI=1S/C19H21N5O3/c1-3-26-17-9-7-15(8-10-17)12-23(2)19(25)13-27-18-6-4-5-16(11-18)24-14-20-21-22-24/h4-11,14H,3,12-13H2,1-2H3. The van der Waals surface area contributed by atoms with Gasteiger partial charge in [-0.25, -0.2) is 4.68 Å². The van der Waals surface area contributed by atoms with Crippen LogP contribution < -0.4 is 9.47 Å². The maximum absolute atomic E-state index is 12.3. The molecule has 2 aromatic carbocycles. The normalized spacial score (nSPS) is 10.4. The molecule has 8 heteroatoms. The lowest BCUT2D eigenvalue weighted by Crippen LogP contribution is -2.30. The zero-order valence-electron chi connectivity index (χ0n) is 15.3. The van der Waals surface area contributed by atoms with E-state index in [1.807, 2.05) is 43.3 Å². The highest BCUT2D eigenvalue weighted by Crippen LogP contribution is 2.16. The number of hydrogen-bond acceptors (Lipinski definition) is 6. The molecule has 0 saturated heterocycles. The molecular weight excluding hydrogens is 346 g/mol. The van der Waals surface area contributed by atoms with Crippen molar-refractivity contribution in [2.75, 3.05) is 20.3 Å². The molecule has 0 aliphatic heterocycles. The number of benzene rings is 2. The van der Waals surface area contributed by atoms with Crippen LogP contribution in [0.5, 0.6) is 11.5 Å². The lowest BCUT2D eigenvalue weighted by atomic mass is 10.2. The van der Waals surface area contributed by atoms with Gasteiger partial charge in [-0.1, -0.05) is 18.2 Å². The van der Waals surface area contributed by atoms with Gasteiger partial charge in [0.1, 0.15) is 17.8 Å². The zero-order chi connectivity index (χ0) is 19.1. The molecule has 27 heavy (non-hydrogen) atoms. The molecule has 0 atom stereocenters. The van der Waals surface area contributed by atoms with Gasteiger partial charge < -0.3 is 14.4 Å². The van der Waals surface area contributed by atoms with Crippen molar-refractivity contribution < 1.29 is 14.3 Å². The summed E-state index contributed by atoms with van der Waals surface area (Å²) in [6, 6.07) is 14.9. The summed E-state index contributed by atoms with van der Waals surface area (Å²) in [5.74, 6) is 1.28. The van der Waals surface area contributed by atoms with E-state index in [1.165, 1.54) is 11.0 Å². The topological polar surface area (TPSA) is 82.4 Å². The fourth-order valence-electron chi connectivity index (χ4n) is 2.47. The SMILES string of the molecule is CCOc1ccc(CN(C)C(=O)COc2cccc(-n3cnnn3)c2)cc1. The fourth-order valence-corrected chi connectivity index (χ4v) is 2.47. The van der Waals surface area contributed by atoms with E-state index < -0.39 is 0 Å². The molecule has 3 aromatic rings. The van der Waals surface area contributed by atoms with Gasteiger partial charge >= 0.3 is 0 Å². The molecule has 0 bridgehead atoms. The number of nitrogens with zero attached hydrogens (tertiary/aromatic N) is 5. The predicted octanol–water partition coefficient (Wildman–Crippen LogP) is 2.10. The molecule has 140 valence electrons. The summed E-state index contributed by atoms with van der Waals surface area (Å²) >= 11 is 0. The Labute approximate surface area is 157 Å². The van der Waals surface area contributed by atoms with Crippen molar-refractivity contribution in [1.82, 2.24) is 25.1 Å². The molecule has 0 aliphatic carbocycles. The van der Waals surface area contributed by atoms with Crippen LogP contribution in [0.25, 0.3) is 5.69 Å². The van der Waals surface area contributed by atoms with Crippen molar-refractivity contribution in [3.05, 3.63) is 60.4 Å². The number of ether oxygens (including phenoxy) is 2. The number of rotatable bonds is 8. The number of carbonyl (C=O) groups excluding carboxylic acids is 1. The molecule has 0 unspecified atom stereocenters. The first-order valence-corrected chi connectivity index (χ1v) is 8.57. The van der Waals surface area contributed by atoms with Gasteiger partial charge in [0, 0.05) is 19.7 Å². The number of likely N-dealkylation sites (N-methyl/N-ethyl adjacent to an activating group) is 1. The van der Waals surface area contributed by atoms with Gasteiger partial charge in [0.05, 0.1) is 12.3 Å². The number of hydrogen-bond donors (Lipinski definition) is 0. The highest BCUT2D eigenvalue weighted by atomic mass is 16.5. The van der Waals surface area contributed by atoms with Gasteiger partial charge in [0.2, 0.25) is 0 Å². The lowest BCUT2D eigenvalue weighted by molar-refractivity contribution is -0.132. The lowest BCUT2D eigenvalue weighted by Gasteiger charge is -2.18. The molecule has 1 amide bonds. The minimum Gasteiger partial charge on any atom is -0.494 e. The predicted molar refractivity (Wildman–Crippen MR) is 98.7 cm³/mol. The molecular formula is C19H21N5O3. The van der Waals surface area contributed by atoms with Crippen molar-refractivity contribution in [3.8, 4) is 17.2 Å². The van der Waals surface area contributed by atoms with Crippen LogP contribution in [0.1, 0.15) is 12.5 Å². The quantitative estimate of drug-likeness (QED) is 0.606. The number of tetrazole rings is 1. The van der Waals surface area contributed by atoms with E-state index in [4.69, 9.17) is 9.47 Å². The summed E-state index contributed by atoms with van der Waals surface area (Å²) in [6.07, 6.45) is 1.49. The molecule has 0 N–H and O–H groups in total. The smallest absolute Gasteiger partial charge is 0.260 e. The van der Waals surface area contributed by atoms with Gasteiger partial charge in [-0.15, -0.1) is 5.10 Å². The van der Waals surface area contributed by atoms with E-state index in [0.717, 1.165) is 17.0 Å². The fraction of sp³-hybridized carbons (Fsp3) is 0.263. The third kappa shape index (κ3) is 5.04. The molecule has 3 rings (SSSR count). The maximum atomic E-state index is 12.3. The van der Waals surface area contributed by atoms with E-state index in [2.05, 4.69) is 15.5 Å². The van der Waals surface area contributed by atoms with Crippen molar-refractivity contribution in [1.29, 1.82) is 0 Å². The molecule has 0 radical (unpaired) electrons. The zero-order valence-corrected chi connectivity index (χ0v) is 15.3. The Morgan fingerprint density at radius 3 is 2.63 bits per heavy atom. The molecule has 0 fully saturated rings. The minimum absolute atomic E-state index is 0.0490. The Hall–Kier alpha value is -3.42. The first-order valence-electron chi connectivity index (χ1n) is 8.57. The van der Waals surface area contributed by atoms with Crippen molar-refractivity contribution in [3.63, 3.8) is 0 Å². The van der Waals surface area contributed by atoms with Gasteiger partial charge in [0.25, 0.3) is 5.91 Å². The second-order valence-corrected chi connectivity index (χ2v) is 5.87. The Morgan fingerprint density at radius 2 is 1.93 bits per heavy atom. The Balaban J connectivity index is 1.53. The van der Waals surface area contributed by atoms with Crippen LogP contribution in [0.3, 0.4) is 0 Å². The molecule has 8 nitrogen and oxygen atoms in total. The summed E-state index contributed by atoms with van der Waals surface area (Å²) in [6.45, 7) is 3.02. The van der Waals surface area contributed by atoms with E-state index in [1.54, 1.807) is 24.1 Å². The summed E-state index contributed by atoms with van der Waals surface area (Å²) in [7, 11) is 1.75. The first kappa shape index (κ1) is 18.4. The molecule has 0 aliphatic rings. The Bertz CT molecular complexity index is 865. The highest BCUT2D eigenvalue weighted by Gasteiger charge is 2.11. The largest absolute Gasteiger partial charge is 0.494 e. The second kappa shape index (κ2) is 8.79. The van der Waals surface area contributed by atoms with Crippen molar-refractivity contribution in [2.45, 2.75) is 13.5 Å². The molecule has 1 aromatic heterocycles. The Kier molecular flexibility index (Phi) is 5.98. The van der Waals surface area contributed by atoms with E-state index in [-0.39, 0.29) is 12.5 Å².